The third kappa shape index (κ3) is 3.95. The molecule has 2 aliphatic rings. The maximum absolute atomic E-state index is 13.8. The first-order valence-corrected chi connectivity index (χ1v) is 11.0. The van der Waals surface area contributed by atoms with E-state index in [4.69, 9.17) is 16.3 Å². The normalized spacial score (nSPS) is 20.4. The fourth-order valence-corrected chi connectivity index (χ4v) is 4.58. The third-order valence-corrected chi connectivity index (χ3v) is 6.51. The van der Waals surface area contributed by atoms with Crippen LogP contribution in [0.25, 0.3) is 5.69 Å². The summed E-state index contributed by atoms with van der Waals surface area (Å²) in [5, 5.41) is -0.535. The Morgan fingerprint density at radius 3 is 2.61 bits per heavy atom. The summed E-state index contributed by atoms with van der Waals surface area (Å²) in [6.45, 7) is 2.91. The second-order valence-corrected chi connectivity index (χ2v) is 8.73. The quantitative estimate of drug-likeness (QED) is 0.541. The number of ether oxygens (including phenoxy) is 1. The molecule has 0 aliphatic carbocycles. The van der Waals surface area contributed by atoms with Crippen molar-refractivity contribution in [3.63, 3.8) is 0 Å². The van der Waals surface area contributed by atoms with Gasteiger partial charge in [0.25, 0.3) is 11.5 Å². The van der Waals surface area contributed by atoms with E-state index in [1.165, 1.54) is 16.7 Å². The molecular weight excluding hydrogens is 454 g/mol. The number of pyridine rings is 1. The van der Waals surface area contributed by atoms with E-state index < -0.39 is 22.8 Å². The van der Waals surface area contributed by atoms with Crippen LogP contribution in [0, 0.1) is 18.6 Å². The monoisotopic (exact) mass is 474 g/mol. The van der Waals surface area contributed by atoms with Gasteiger partial charge in [0.15, 0.2) is 0 Å². The van der Waals surface area contributed by atoms with Gasteiger partial charge in [0.05, 0.1) is 24.2 Å². The van der Waals surface area contributed by atoms with Crippen LogP contribution in [0.3, 0.4) is 0 Å². The Kier molecular flexibility index (Phi) is 5.54. The number of halogens is 3. The Hall–Kier alpha value is -3.04. The first-order valence-electron chi connectivity index (χ1n) is 10.7. The standard InChI is InChI=1S/C23H21ClF2N4O3/c1-13-10-29(12-27-13)18-3-4-19-22(31)28(6-7-30(19)23(18)32)11-15-2-5-20(33-15)14-8-16(25)21(24)17(26)9-14/h3-4,8-10,12,15,20H,2,5-7,11H2,1H3/t15-,20-/m0/s1. The summed E-state index contributed by atoms with van der Waals surface area (Å²) in [7, 11) is 0. The number of carbonyl (C=O) groups excluding carboxylic acids is 1. The summed E-state index contributed by atoms with van der Waals surface area (Å²) in [6, 6.07) is 5.65. The molecule has 4 heterocycles. The lowest BCUT2D eigenvalue weighted by molar-refractivity contribution is 0.0176. The van der Waals surface area contributed by atoms with Crippen molar-refractivity contribution >= 4 is 17.5 Å². The molecule has 1 aromatic carbocycles. The second-order valence-electron chi connectivity index (χ2n) is 8.36. The maximum atomic E-state index is 13.8. The fraction of sp³-hybridized carbons (Fsp3) is 0.348. The topological polar surface area (TPSA) is 69.4 Å². The smallest absolute Gasteiger partial charge is 0.275 e. The number of hydrogen-bond acceptors (Lipinski definition) is 4. The molecule has 0 N–H and O–H groups in total. The van der Waals surface area contributed by atoms with Crippen LogP contribution >= 0.6 is 11.6 Å². The van der Waals surface area contributed by atoms with Gasteiger partial charge in [-0.1, -0.05) is 11.6 Å². The summed E-state index contributed by atoms with van der Waals surface area (Å²) < 4.78 is 36.8. The van der Waals surface area contributed by atoms with E-state index in [1.807, 2.05) is 6.92 Å². The summed E-state index contributed by atoms with van der Waals surface area (Å²) in [5.74, 6) is -1.89. The minimum Gasteiger partial charge on any atom is -0.368 e. The van der Waals surface area contributed by atoms with Gasteiger partial charge in [-0.15, -0.1) is 0 Å². The van der Waals surface area contributed by atoms with Gasteiger partial charge >= 0.3 is 0 Å². The van der Waals surface area contributed by atoms with Gasteiger partial charge in [0, 0.05) is 25.8 Å². The Labute approximate surface area is 193 Å². The Morgan fingerprint density at radius 2 is 1.91 bits per heavy atom. The van der Waals surface area contributed by atoms with Crippen molar-refractivity contribution in [1.29, 1.82) is 0 Å². The molecule has 0 bridgehead atoms. The minimum absolute atomic E-state index is 0.248. The molecule has 1 amide bonds. The van der Waals surface area contributed by atoms with Crippen LogP contribution in [0.4, 0.5) is 8.78 Å². The van der Waals surface area contributed by atoms with Gasteiger partial charge < -0.3 is 18.8 Å². The molecule has 0 saturated carbocycles. The second kappa shape index (κ2) is 8.39. The molecule has 1 fully saturated rings. The summed E-state index contributed by atoms with van der Waals surface area (Å²) in [6.07, 6.45) is 3.82. The molecule has 5 rings (SSSR count). The van der Waals surface area contributed by atoms with Gasteiger partial charge in [-0.3, -0.25) is 9.59 Å². The molecule has 2 aliphatic heterocycles. The molecule has 33 heavy (non-hydrogen) atoms. The largest absolute Gasteiger partial charge is 0.368 e. The van der Waals surface area contributed by atoms with Crippen molar-refractivity contribution in [3.8, 4) is 5.69 Å². The van der Waals surface area contributed by atoms with Crippen molar-refractivity contribution in [3.05, 3.63) is 80.8 Å². The number of rotatable bonds is 4. The van der Waals surface area contributed by atoms with E-state index in [-0.39, 0.29) is 17.6 Å². The maximum Gasteiger partial charge on any atom is 0.275 e. The van der Waals surface area contributed by atoms with E-state index in [9.17, 15) is 18.4 Å². The average Bonchev–Trinajstić information content (AvgIpc) is 3.43. The summed E-state index contributed by atoms with van der Waals surface area (Å²) in [5.41, 5.74) is 1.69. The highest BCUT2D eigenvalue weighted by Gasteiger charge is 2.33. The zero-order valence-electron chi connectivity index (χ0n) is 17.8. The van der Waals surface area contributed by atoms with Crippen LogP contribution in [0.2, 0.25) is 5.02 Å². The van der Waals surface area contributed by atoms with Crippen molar-refractivity contribution < 1.29 is 18.3 Å². The first-order chi connectivity index (χ1) is 15.8. The lowest BCUT2D eigenvalue weighted by atomic mass is 10.1. The van der Waals surface area contributed by atoms with Crippen molar-refractivity contribution in [2.45, 2.75) is 38.5 Å². The number of aromatic nitrogens is 3. The highest BCUT2D eigenvalue weighted by Crippen LogP contribution is 2.35. The fourth-order valence-electron chi connectivity index (χ4n) is 4.48. The number of imidazole rings is 1. The number of aryl methyl sites for hydroxylation is 1. The van der Waals surface area contributed by atoms with E-state index in [1.54, 1.807) is 34.1 Å². The number of fused-ring (bicyclic) bond motifs is 1. The van der Waals surface area contributed by atoms with Crippen LogP contribution in [0.1, 0.15) is 40.7 Å². The summed E-state index contributed by atoms with van der Waals surface area (Å²) >= 11 is 5.56. The first kappa shape index (κ1) is 21.8. The molecule has 2 atom stereocenters. The van der Waals surface area contributed by atoms with Gasteiger partial charge in [-0.2, -0.15) is 0 Å². The highest BCUT2D eigenvalue weighted by molar-refractivity contribution is 6.30. The highest BCUT2D eigenvalue weighted by atomic mass is 35.5. The van der Waals surface area contributed by atoms with Crippen LogP contribution in [-0.2, 0) is 11.3 Å². The zero-order chi connectivity index (χ0) is 23.3. The zero-order valence-corrected chi connectivity index (χ0v) is 18.6. The van der Waals surface area contributed by atoms with Gasteiger partial charge in [0.2, 0.25) is 0 Å². The average molecular weight is 475 g/mol. The predicted molar refractivity (Wildman–Crippen MR) is 117 cm³/mol. The number of nitrogens with zero attached hydrogens (tertiary/aromatic N) is 4. The van der Waals surface area contributed by atoms with Gasteiger partial charge in [-0.05, 0) is 49.6 Å². The van der Waals surface area contributed by atoms with Crippen molar-refractivity contribution in [1.82, 2.24) is 19.0 Å². The van der Waals surface area contributed by atoms with E-state index in [2.05, 4.69) is 4.98 Å². The Morgan fingerprint density at radius 1 is 1.15 bits per heavy atom. The molecule has 0 spiro atoms. The predicted octanol–water partition coefficient (Wildman–Crippen LogP) is 3.65. The number of carbonyl (C=O) groups is 1. The molecule has 10 heteroatoms. The Balaban J connectivity index is 1.30. The molecule has 1 saturated heterocycles. The van der Waals surface area contributed by atoms with Crippen LogP contribution in [-0.4, -0.2) is 44.1 Å². The lowest BCUT2D eigenvalue weighted by Crippen LogP contribution is -2.47. The molecule has 0 radical (unpaired) electrons. The van der Waals surface area contributed by atoms with E-state index in [0.29, 0.717) is 49.4 Å². The molecule has 3 aromatic rings. The third-order valence-electron chi connectivity index (χ3n) is 6.15. The van der Waals surface area contributed by atoms with E-state index >= 15 is 0 Å². The van der Waals surface area contributed by atoms with Crippen LogP contribution < -0.4 is 5.56 Å². The lowest BCUT2D eigenvalue weighted by Gasteiger charge is -2.31. The summed E-state index contributed by atoms with van der Waals surface area (Å²) in [4.78, 5) is 31.8. The molecule has 2 aromatic heterocycles. The van der Waals surface area contributed by atoms with Crippen LogP contribution in [0.5, 0.6) is 0 Å². The van der Waals surface area contributed by atoms with Gasteiger partial charge in [0.1, 0.15) is 28.0 Å². The van der Waals surface area contributed by atoms with Crippen molar-refractivity contribution in [2.75, 3.05) is 13.1 Å². The van der Waals surface area contributed by atoms with Crippen LogP contribution in [0.15, 0.2) is 41.6 Å². The SMILES string of the molecule is Cc1cn(-c2ccc3n(c2=O)CCN(C[C@@H]2CC[C@@H](c4cc(F)c(Cl)c(F)c4)O2)C3=O)cn1. The van der Waals surface area contributed by atoms with Crippen molar-refractivity contribution in [2.24, 2.45) is 0 Å². The molecule has 7 nitrogen and oxygen atoms in total. The molecular formula is C23H21ClF2N4O3. The number of hydrogen-bond donors (Lipinski definition) is 0. The van der Waals surface area contributed by atoms with Gasteiger partial charge in [-0.25, -0.2) is 13.8 Å². The minimum atomic E-state index is -0.822. The Bertz CT molecular complexity index is 1280. The van der Waals surface area contributed by atoms with E-state index in [0.717, 1.165) is 5.69 Å². The number of benzene rings is 1. The molecule has 0 unspecified atom stereocenters. The number of amides is 1. The molecule has 172 valence electrons.